The summed E-state index contributed by atoms with van der Waals surface area (Å²) in [5.41, 5.74) is 0.831. The molecule has 46 heavy (non-hydrogen) atoms. The van der Waals surface area contributed by atoms with Gasteiger partial charge in [0, 0.05) is 44.3 Å². The van der Waals surface area contributed by atoms with E-state index in [0.717, 1.165) is 51.4 Å². The maximum atomic E-state index is 14.3. The molecule has 2 aliphatic rings. The van der Waals surface area contributed by atoms with E-state index >= 15 is 0 Å². The molecule has 0 bridgehead atoms. The van der Waals surface area contributed by atoms with Crippen LogP contribution < -0.4 is 10.1 Å². The van der Waals surface area contributed by atoms with E-state index in [9.17, 15) is 23.1 Å². The zero-order valence-electron chi connectivity index (χ0n) is 27.7. The minimum Gasteiger partial charge on any atom is -0.490 e. The van der Waals surface area contributed by atoms with Gasteiger partial charge in [0.05, 0.1) is 35.3 Å². The quantitative estimate of drug-likeness (QED) is 0.394. The van der Waals surface area contributed by atoms with Crippen LogP contribution in [-0.4, -0.2) is 86.1 Å². The number of rotatable bonds is 8. The van der Waals surface area contributed by atoms with Gasteiger partial charge in [0.1, 0.15) is 5.75 Å². The van der Waals surface area contributed by atoms with Crippen molar-refractivity contribution < 1.29 is 32.6 Å². The number of nitrogens with one attached hydrogen (secondary N) is 1. The van der Waals surface area contributed by atoms with Gasteiger partial charge in [0.2, 0.25) is 15.9 Å². The molecule has 2 N–H and O–H groups in total. The van der Waals surface area contributed by atoms with Crippen LogP contribution in [0.15, 0.2) is 53.4 Å². The number of aliphatic hydroxyl groups is 1. The Kier molecular flexibility index (Phi) is 13.0. The van der Waals surface area contributed by atoms with E-state index in [1.807, 2.05) is 13.8 Å². The number of nitrogens with zero attached hydrogens (tertiary/aromatic N) is 2. The SMILES string of the molecule is C[C@@H]1CN([C@H](C)CO)C(=O)c2cc(NC(=O)C3CCCCC3)ccc2O[C@@H](C)CCCCO[C@@H]1CN(C)S(=O)(=O)c1ccccc1. The number of carbonyl (C=O) groups is 2. The van der Waals surface area contributed by atoms with Gasteiger partial charge in [0.25, 0.3) is 5.91 Å². The summed E-state index contributed by atoms with van der Waals surface area (Å²) in [6, 6.07) is 12.9. The molecule has 11 heteroatoms. The molecule has 0 saturated heterocycles. The van der Waals surface area contributed by atoms with Crippen molar-refractivity contribution in [2.24, 2.45) is 11.8 Å². The summed E-state index contributed by atoms with van der Waals surface area (Å²) in [5, 5.41) is 13.2. The Morgan fingerprint density at radius 1 is 1.04 bits per heavy atom. The van der Waals surface area contributed by atoms with E-state index in [1.165, 1.54) is 4.31 Å². The van der Waals surface area contributed by atoms with Crippen LogP contribution in [0, 0.1) is 11.8 Å². The van der Waals surface area contributed by atoms with Gasteiger partial charge in [-0.2, -0.15) is 4.31 Å². The monoisotopic (exact) mass is 657 g/mol. The highest BCUT2D eigenvalue weighted by molar-refractivity contribution is 7.89. The van der Waals surface area contributed by atoms with Crippen LogP contribution in [0.4, 0.5) is 5.69 Å². The predicted octanol–water partition coefficient (Wildman–Crippen LogP) is 5.32. The molecule has 0 aromatic heterocycles. The highest BCUT2D eigenvalue weighted by Crippen LogP contribution is 2.30. The van der Waals surface area contributed by atoms with E-state index < -0.39 is 22.2 Å². The molecule has 0 unspecified atom stereocenters. The number of aliphatic hydroxyl groups excluding tert-OH is 1. The molecular weight excluding hydrogens is 606 g/mol. The van der Waals surface area contributed by atoms with E-state index in [2.05, 4.69) is 5.32 Å². The molecule has 10 nitrogen and oxygen atoms in total. The zero-order valence-corrected chi connectivity index (χ0v) is 28.5. The van der Waals surface area contributed by atoms with Crippen LogP contribution in [0.25, 0.3) is 0 Å². The Morgan fingerprint density at radius 2 is 1.74 bits per heavy atom. The van der Waals surface area contributed by atoms with Crippen LogP contribution >= 0.6 is 0 Å². The van der Waals surface area contributed by atoms with Crippen LogP contribution in [0.2, 0.25) is 0 Å². The Morgan fingerprint density at radius 3 is 2.43 bits per heavy atom. The van der Waals surface area contributed by atoms with E-state index in [0.29, 0.717) is 23.6 Å². The second-order valence-corrected chi connectivity index (χ2v) is 15.0. The minimum absolute atomic E-state index is 0.0361. The fourth-order valence-corrected chi connectivity index (χ4v) is 7.40. The lowest BCUT2D eigenvalue weighted by molar-refractivity contribution is -0.120. The number of sulfonamides is 1. The average molecular weight is 658 g/mol. The molecule has 1 aliphatic heterocycles. The Bertz CT molecular complexity index is 1400. The normalized spacial score (nSPS) is 23.2. The fraction of sp³-hybridized carbons (Fsp3) is 0.600. The van der Waals surface area contributed by atoms with Crippen LogP contribution in [0.5, 0.6) is 5.75 Å². The van der Waals surface area contributed by atoms with Crippen molar-refractivity contribution in [3.8, 4) is 5.75 Å². The van der Waals surface area contributed by atoms with Crippen molar-refractivity contribution in [2.75, 3.05) is 38.7 Å². The minimum atomic E-state index is -3.76. The molecule has 1 heterocycles. The molecule has 1 saturated carbocycles. The van der Waals surface area contributed by atoms with Crippen molar-refractivity contribution in [3.63, 3.8) is 0 Å². The highest BCUT2D eigenvalue weighted by atomic mass is 32.2. The predicted molar refractivity (Wildman–Crippen MR) is 178 cm³/mol. The molecule has 2 aromatic rings. The number of amides is 2. The lowest BCUT2D eigenvalue weighted by Crippen LogP contribution is -2.48. The topological polar surface area (TPSA) is 125 Å². The molecule has 2 amide bonds. The number of likely N-dealkylation sites (N-methyl/N-ethyl adjacent to an activating group) is 1. The first-order valence-corrected chi connectivity index (χ1v) is 18.1. The molecule has 4 rings (SSSR count). The smallest absolute Gasteiger partial charge is 0.258 e. The van der Waals surface area contributed by atoms with Gasteiger partial charge >= 0.3 is 0 Å². The van der Waals surface area contributed by atoms with Crippen molar-refractivity contribution in [2.45, 2.75) is 95.3 Å². The number of ether oxygens (including phenoxy) is 2. The van der Waals surface area contributed by atoms with E-state index in [1.54, 1.807) is 67.4 Å². The number of benzene rings is 2. The van der Waals surface area contributed by atoms with Crippen LogP contribution in [-0.2, 0) is 19.6 Å². The third kappa shape index (κ3) is 9.30. The highest BCUT2D eigenvalue weighted by Gasteiger charge is 2.32. The van der Waals surface area contributed by atoms with E-state index in [-0.39, 0.29) is 54.3 Å². The third-order valence-corrected chi connectivity index (χ3v) is 11.0. The van der Waals surface area contributed by atoms with E-state index in [4.69, 9.17) is 9.47 Å². The second kappa shape index (κ2) is 16.7. The van der Waals surface area contributed by atoms with Gasteiger partial charge < -0.3 is 24.8 Å². The molecule has 2 aromatic carbocycles. The Labute approximate surface area is 274 Å². The second-order valence-electron chi connectivity index (χ2n) is 12.9. The molecule has 4 atom stereocenters. The summed E-state index contributed by atoms with van der Waals surface area (Å²) in [4.78, 5) is 29.2. The molecule has 0 spiro atoms. The first-order chi connectivity index (χ1) is 22.0. The maximum absolute atomic E-state index is 14.3. The number of anilines is 1. The first kappa shape index (κ1) is 35.9. The number of carbonyl (C=O) groups excluding carboxylic acids is 2. The molecule has 254 valence electrons. The zero-order chi connectivity index (χ0) is 33.3. The summed E-state index contributed by atoms with van der Waals surface area (Å²) in [5.74, 6) is -0.278. The van der Waals surface area contributed by atoms with Gasteiger partial charge in [-0.05, 0) is 76.3 Å². The van der Waals surface area contributed by atoms with Crippen molar-refractivity contribution in [1.82, 2.24) is 9.21 Å². The Hall–Kier alpha value is -2.99. The average Bonchev–Trinajstić information content (AvgIpc) is 3.06. The van der Waals surface area contributed by atoms with Crippen molar-refractivity contribution >= 4 is 27.5 Å². The van der Waals surface area contributed by atoms with Gasteiger partial charge in [-0.1, -0.05) is 44.4 Å². The van der Waals surface area contributed by atoms with Crippen molar-refractivity contribution in [3.05, 3.63) is 54.1 Å². The fourth-order valence-electron chi connectivity index (χ4n) is 6.20. The van der Waals surface area contributed by atoms with Crippen molar-refractivity contribution in [1.29, 1.82) is 0 Å². The summed E-state index contributed by atoms with van der Waals surface area (Å²) >= 11 is 0. The molecule has 0 radical (unpaired) electrons. The maximum Gasteiger partial charge on any atom is 0.258 e. The van der Waals surface area contributed by atoms with Gasteiger partial charge in [-0.3, -0.25) is 9.59 Å². The molecule has 1 fully saturated rings. The molecular formula is C35H51N3O7S. The number of hydrogen-bond donors (Lipinski definition) is 2. The summed E-state index contributed by atoms with van der Waals surface area (Å²) < 4.78 is 40.6. The summed E-state index contributed by atoms with van der Waals surface area (Å²) in [6.45, 7) is 6.14. The van der Waals surface area contributed by atoms with Gasteiger partial charge in [-0.25, -0.2) is 8.42 Å². The van der Waals surface area contributed by atoms with Crippen LogP contribution in [0.3, 0.4) is 0 Å². The number of fused-ring (bicyclic) bond motifs is 1. The third-order valence-electron chi connectivity index (χ3n) is 9.18. The largest absolute Gasteiger partial charge is 0.490 e. The van der Waals surface area contributed by atoms with Gasteiger partial charge in [-0.15, -0.1) is 0 Å². The lowest BCUT2D eigenvalue weighted by Gasteiger charge is -2.35. The first-order valence-electron chi connectivity index (χ1n) is 16.7. The summed E-state index contributed by atoms with van der Waals surface area (Å²) in [6.07, 6.45) is 6.58. The summed E-state index contributed by atoms with van der Waals surface area (Å²) in [7, 11) is -2.21. The number of hydrogen-bond acceptors (Lipinski definition) is 7. The lowest BCUT2D eigenvalue weighted by atomic mass is 9.88. The standard InChI is InChI=1S/C35H51N3O7S/c1-25-22-38(26(2)24-39)35(41)31-21-29(36-34(40)28-14-7-5-8-15-28)18-19-32(31)45-27(3)13-11-12-20-44-33(25)23-37(4)46(42,43)30-16-9-6-10-17-30/h6,9-10,16-19,21,25-28,33,39H,5,7-8,11-15,20,22-24H2,1-4H3,(H,36,40)/t25-,26-,27+,33-/m1/s1. The van der Waals surface area contributed by atoms with Gasteiger partial charge in [0.15, 0.2) is 0 Å². The Balaban J connectivity index is 1.63. The van der Waals surface area contributed by atoms with Crippen LogP contribution in [0.1, 0.15) is 82.5 Å². The molecule has 1 aliphatic carbocycles.